The first-order valence-electron chi connectivity index (χ1n) is 8.51. The lowest BCUT2D eigenvalue weighted by Gasteiger charge is -2.14. The van der Waals surface area contributed by atoms with E-state index in [1.54, 1.807) is 12.1 Å². The fraction of sp³-hybridized carbons (Fsp3) is 0.0909. The van der Waals surface area contributed by atoms with Crippen molar-refractivity contribution in [3.63, 3.8) is 0 Å². The number of nitrogens with zero attached hydrogens (tertiary/aromatic N) is 2. The molecule has 3 rings (SSSR count). The van der Waals surface area contributed by atoms with Gasteiger partial charge >= 0.3 is 0 Å². The van der Waals surface area contributed by atoms with Crippen molar-refractivity contribution in [2.75, 3.05) is 19.0 Å². The molecule has 1 amide bonds. The minimum absolute atomic E-state index is 0.249. The van der Waals surface area contributed by atoms with E-state index in [0.29, 0.717) is 11.3 Å². The summed E-state index contributed by atoms with van der Waals surface area (Å²) in [5.41, 5.74) is 6.91. The van der Waals surface area contributed by atoms with Gasteiger partial charge in [-0.3, -0.25) is 4.79 Å². The fourth-order valence-corrected chi connectivity index (χ4v) is 2.85. The summed E-state index contributed by atoms with van der Waals surface area (Å²) in [6.07, 6.45) is 0. The molecule has 0 atom stereocenters. The van der Waals surface area contributed by atoms with Crippen molar-refractivity contribution in [2.24, 2.45) is 5.10 Å². The second-order valence-corrected chi connectivity index (χ2v) is 7.13. The highest BCUT2D eigenvalue weighted by Crippen LogP contribution is 2.16. The molecule has 3 aromatic rings. The van der Waals surface area contributed by atoms with Gasteiger partial charge in [0.15, 0.2) is 0 Å². The van der Waals surface area contributed by atoms with Gasteiger partial charge in [0.25, 0.3) is 5.91 Å². The van der Waals surface area contributed by atoms with Gasteiger partial charge in [-0.05, 0) is 36.4 Å². The lowest BCUT2D eigenvalue weighted by atomic mass is 10.0. The highest BCUT2D eigenvalue weighted by Gasteiger charge is 2.10. The van der Waals surface area contributed by atoms with E-state index >= 15 is 0 Å². The molecule has 27 heavy (non-hydrogen) atoms. The van der Waals surface area contributed by atoms with Gasteiger partial charge in [0, 0.05) is 40.9 Å². The third-order valence-corrected chi connectivity index (χ3v) is 4.61. The fourth-order valence-electron chi connectivity index (χ4n) is 2.58. The van der Waals surface area contributed by atoms with Crippen molar-refractivity contribution in [1.29, 1.82) is 0 Å². The molecule has 136 valence electrons. The number of carbonyl (C=O) groups excluding carboxylic acids is 1. The van der Waals surface area contributed by atoms with Crippen LogP contribution in [0.15, 0.2) is 88.4 Å². The van der Waals surface area contributed by atoms with Crippen LogP contribution < -0.4 is 10.3 Å². The number of amides is 1. The molecule has 0 unspecified atom stereocenters. The zero-order valence-electron chi connectivity index (χ0n) is 15.2. The zero-order valence-corrected chi connectivity index (χ0v) is 16.8. The van der Waals surface area contributed by atoms with Crippen LogP contribution in [0.3, 0.4) is 0 Å². The van der Waals surface area contributed by atoms with Crippen molar-refractivity contribution >= 4 is 33.2 Å². The Kier molecular flexibility index (Phi) is 6.04. The number of benzene rings is 3. The summed E-state index contributed by atoms with van der Waals surface area (Å²) >= 11 is 3.37. The van der Waals surface area contributed by atoms with Crippen LogP contribution in [0.2, 0.25) is 0 Å². The Balaban J connectivity index is 1.91. The van der Waals surface area contributed by atoms with Crippen LogP contribution in [0.4, 0.5) is 5.69 Å². The number of carbonyl (C=O) groups is 1. The summed E-state index contributed by atoms with van der Waals surface area (Å²) < 4.78 is 0.925. The van der Waals surface area contributed by atoms with Gasteiger partial charge in [0.2, 0.25) is 0 Å². The highest BCUT2D eigenvalue weighted by molar-refractivity contribution is 9.10. The number of hydrazone groups is 1. The smallest absolute Gasteiger partial charge is 0.271 e. The lowest BCUT2D eigenvalue weighted by Crippen LogP contribution is -2.20. The summed E-state index contributed by atoms with van der Waals surface area (Å²) in [6.45, 7) is 0. The topological polar surface area (TPSA) is 44.7 Å². The Bertz CT molecular complexity index is 934. The van der Waals surface area contributed by atoms with Gasteiger partial charge in [0.05, 0.1) is 5.71 Å². The molecule has 0 heterocycles. The van der Waals surface area contributed by atoms with Gasteiger partial charge in [-0.15, -0.1) is 0 Å². The molecule has 5 heteroatoms. The average molecular weight is 422 g/mol. The Morgan fingerprint density at radius 1 is 0.815 bits per heavy atom. The predicted molar refractivity (Wildman–Crippen MR) is 114 cm³/mol. The molecule has 0 spiro atoms. The van der Waals surface area contributed by atoms with Crippen LogP contribution in [-0.2, 0) is 0 Å². The number of hydrogen-bond acceptors (Lipinski definition) is 3. The number of anilines is 1. The third kappa shape index (κ3) is 4.83. The van der Waals surface area contributed by atoms with E-state index in [9.17, 15) is 4.79 Å². The molecule has 0 aromatic heterocycles. The minimum atomic E-state index is -0.249. The maximum absolute atomic E-state index is 12.4. The van der Waals surface area contributed by atoms with E-state index in [-0.39, 0.29) is 5.91 Å². The van der Waals surface area contributed by atoms with Crippen LogP contribution >= 0.6 is 15.9 Å². The molecule has 0 saturated carbocycles. The molecular weight excluding hydrogens is 402 g/mol. The molecule has 0 fully saturated rings. The van der Waals surface area contributed by atoms with Gasteiger partial charge in [-0.1, -0.05) is 58.4 Å². The van der Waals surface area contributed by atoms with E-state index in [0.717, 1.165) is 21.3 Å². The second kappa shape index (κ2) is 8.64. The number of hydrogen-bond donors (Lipinski definition) is 1. The summed E-state index contributed by atoms with van der Waals surface area (Å²) in [4.78, 5) is 14.5. The van der Waals surface area contributed by atoms with Gasteiger partial charge in [-0.2, -0.15) is 5.10 Å². The van der Waals surface area contributed by atoms with E-state index in [1.165, 1.54) is 0 Å². The van der Waals surface area contributed by atoms with Crippen LogP contribution in [0, 0.1) is 0 Å². The van der Waals surface area contributed by atoms with E-state index in [2.05, 4.69) is 26.5 Å². The molecular formula is C22H20BrN3O. The van der Waals surface area contributed by atoms with Crippen LogP contribution in [0.5, 0.6) is 0 Å². The van der Waals surface area contributed by atoms with E-state index in [1.807, 2.05) is 85.7 Å². The second-order valence-electron chi connectivity index (χ2n) is 6.22. The predicted octanol–water partition coefficient (Wildman–Crippen LogP) is 4.70. The summed E-state index contributed by atoms with van der Waals surface area (Å²) in [5, 5.41) is 4.43. The first-order chi connectivity index (χ1) is 13.0. The first-order valence-corrected chi connectivity index (χ1v) is 9.30. The van der Waals surface area contributed by atoms with Gasteiger partial charge in [-0.25, -0.2) is 5.43 Å². The van der Waals surface area contributed by atoms with Crippen LogP contribution in [0.1, 0.15) is 21.5 Å². The summed E-state index contributed by atoms with van der Waals surface area (Å²) in [7, 11) is 4.00. The lowest BCUT2D eigenvalue weighted by molar-refractivity contribution is 0.0955. The maximum Gasteiger partial charge on any atom is 0.271 e. The van der Waals surface area contributed by atoms with E-state index in [4.69, 9.17) is 0 Å². The number of nitrogens with one attached hydrogen (secondary N) is 1. The summed E-state index contributed by atoms with van der Waals surface area (Å²) in [5.74, 6) is -0.249. The molecule has 0 saturated heterocycles. The molecule has 0 aliphatic carbocycles. The molecule has 0 aliphatic rings. The Labute approximate surface area is 167 Å². The largest absolute Gasteiger partial charge is 0.378 e. The average Bonchev–Trinajstić information content (AvgIpc) is 2.69. The standard InChI is InChI=1S/C22H20BrN3O/c1-26(2)20-14-10-17(11-15-20)21(16-6-4-3-5-7-16)24-25-22(27)18-8-12-19(23)13-9-18/h3-15H,1-2H3,(H,25,27). The molecule has 3 aromatic carbocycles. The van der Waals surface area contributed by atoms with Crippen molar-refractivity contribution in [3.8, 4) is 0 Å². The van der Waals surface area contributed by atoms with Crippen molar-refractivity contribution < 1.29 is 4.79 Å². The Hall–Kier alpha value is -2.92. The number of halogens is 1. The molecule has 0 radical (unpaired) electrons. The number of rotatable bonds is 5. The van der Waals surface area contributed by atoms with Gasteiger partial charge < -0.3 is 4.90 Å². The van der Waals surface area contributed by atoms with Crippen molar-refractivity contribution in [1.82, 2.24) is 5.43 Å². The maximum atomic E-state index is 12.4. The van der Waals surface area contributed by atoms with Crippen LogP contribution in [0.25, 0.3) is 0 Å². The molecule has 4 nitrogen and oxygen atoms in total. The van der Waals surface area contributed by atoms with E-state index < -0.39 is 0 Å². The molecule has 0 aliphatic heterocycles. The van der Waals surface area contributed by atoms with Crippen molar-refractivity contribution in [2.45, 2.75) is 0 Å². The van der Waals surface area contributed by atoms with Crippen LogP contribution in [-0.4, -0.2) is 25.7 Å². The SMILES string of the molecule is CN(C)c1ccc(C(=NNC(=O)c2ccc(Br)cc2)c2ccccc2)cc1. The Morgan fingerprint density at radius 3 is 1.96 bits per heavy atom. The highest BCUT2D eigenvalue weighted by atomic mass is 79.9. The Morgan fingerprint density at radius 2 is 1.37 bits per heavy atom. The van der Waals surface area contributed by atoms with Gasteiger partial charge in [0.1, 0.15) is 0 Å². The third-order valence-electron chi connectivity index (χ3n) is 4.08. The zero-order chi connectivity index (χ0) is 19.2. The quantitative estimate of drug-likeness (QED) is 0.479. The first kappa shape index (κ1) is 18.9. The summed E-state index contributed by atoms with van der Waals surface area (Å²) in [6, 6.07) is 25.1. The normalized spacial score (nSPS) is 11.1. The molecule has 0 bridgehead atoms. The monoisotopic (exact) mass is 421 g/mol. The molecule has 1 N–H and O–H groups in total. The minimum Gasteiger partial charge on any atom is -0.378 e. The van der Waals surface area contributed by atoms with Crippen molar-refractivity contribution in [3.05, 3.63) is 100 Å².